The van der Waals surface area contributed by atoms with Crippen molar-refractivity contribution in [2.24, 2.45) is 0 Å². The Labute approximate surface area is 183 Å². The van der Waals surface area contributed by atoms with Crippen LogP contribution in [-0.2, 0) is 9.59 Å². The fraction of sp³-hybridized carbons (Fsp3) is 0.417. The highest BCUT2D eigenvalue weighted by atomic mass is 16.5. The molecule has 0 bridgehead atoms. The lowest BCUT2D eigenvalue weighted by Crippen LogP contribution is -2.50. The van der Waals surface area contributed by atoms with Crippen molar-refractivity contribution in [3.05, 3.63) is 48.5 Å². The van der Waals surface area contributed by atoms with E-state index in [-0.39, 0.29) is 18.4 Å². The molecule has 0 aliphatic carbocycles. The first-order valence-corrected chi connectivity index (χ1v) is 10.9. The van der Waals surface area contributed by atoms with Gasteiger partial charge in [0.2, 0.25) is 5.91 Å². The van der Waals surface area contributed by atoms with Gasteiger partial charge < -0.3 is 24.2 Å². The van der Waals surface area contributed by atoms with Gasteiger partial charge in [-0.2, -0.15) is 0 Å². The quantitative estimate of drug-likeness (QED) is 0.685. The first kappa shape index (κ1) is 21.0. The van der Waals surface area contributed by atoms with Gasteiger partial charge in [0.1, 0.15) is 11.5 Å². The molecule has 0 saturated carbocycles. The Morgan fingerprint density at radius 1 is 0.935 bits per heavy atom. The van der Waals surface area contributed by atoms with Crippen LogP contribution in [0, 0.1) is 0 Å². The van der Waals surface area contributed by atoms with Crippen molar-refractivity contribution in [2.45, 2.75) is 19.8 Å². The normalized spacial score (nSPS) is 16.5. The lowest BCUT2D eigenvalue weighted by molar-refractivity contribution is -0.133. The molecule has 2 saturated heterocycles. The maximum Gasteiger partial charge on any atom is 0.260 e. The van der Waals surface area contributed by atoms with Crippen molar-refractivity contribution in [3.8, 4) is 11.5 Å². The summed E-state index contributed by atoms with van der Waals surface area (Å²) in [5, 5.41) is 0. The average Bonchev–Trinajstić information content (AvgIpc) is 3.24. The molecule has 2 amide bonds. The number of nitrogens with zero attached hydrogens (tertiary/aromatic N) is 3. The number of para-hydroxylation sites is 2. The zero-order valence-corrected chi connectivity index (χ0v) is 18.0. The van der Waals surface area contributed by atoms with Gasteiger partial charge >= 0.3 is 0 Å². The topological polar surface area (TPSA) is 62.3 Å². The van der Waals surface area contributed by atoms with E-state index in [1.165, 1.54) is 0 Å². The Bertz CT molecular complexity index is 907. The number of carbonyl (C=O) groups excluding carboxylic acids is 2. The summed E-state index contributed by atoms with van der Waals surface area (Å²) in [5.41, 5.74) is 1.95. The number of benzene rings is 2. The predicted molar refractivity (Wildman–Crippen MR) is 120 cm³/mol. The maximum atomic E-state index is 12.6. The van der Waals surface area contributed by atoms with E-state index in [0.717, 1.165) is 43.2 Å². The van der Waals surface area contributed by atoms with E-state index in [1.54, 1.807) is 4.90 Å². The molecule has 2 heterocycles. The van der Waals surface area contributed by atoms with E-state index >= 15 is 0 Å². The van der Waals surface area contributed by atoms with E-state index in [9.17, 15) is 9.59 Å². The standard InChI is InChI=1S/C24H29N3O4/c1-2-30-22-7-4-3-6-21(22)25-14-16-26(17-15-25)24(29)18-31-20-11-9-19(10-12-20)27-13-5-8-23(27)28/h3-4,6-7,9-12H,2,5,8,13-18H2,1H3. The van der Waals surface area contributed by atoms with Gasteiger partial charge in [-0.25, -0.2) is 0 Å². The van der Waals surface area contributed by atoms with Crippen LogP contribution in [0.3, 0.4) is 0 Å². The molecule has 0 spiro atoms. The minimum Gasteiger partial charge on any atom is -0.492 e. The summed E-state index contributed by atoms with van der Waals surface area (Å²) in [6, 6.07) is 15.4. The lowest BCUT2D eigenvalue weighted by atomic mass is 10.2. The van der Waals surface area contributed by atoms with Crippen LogP contribution < -0.4 is 19.3 Å². The molecule has 2 aliphatic heterocycles. The molecule has 7 nitrogen and oxygen atoms in total. The molecule has 7 heteroatoms. The Hall–Kier alpha value is -3.22. The fourth-order valence-corrected chi connectivity index (χ4v) is 4.07. The number of hydrogen-bond donors (Lipinski definition) is 0. The Morgan fingerprint density at radius 3 is 2.35 bits per heavy atom. The van der Waals surface area contributed by atoms with E-state index < -0.39 is 0 Å². The lowest BCUT2D eigenvalue weighted by Gasteiger charge is -2.36. The molecule has 31 heavy (non-hydrogen) atoms. The van der Waals surface area contributed by atoms with Gasteiger partial charge in [0, 0.05) is 44.8 Å². The number of amides is 2. The van der Waals surface area contributed by atoms with Crippen molar-refractivity contribution in [1.29, 1.82) is 0 Å². The van der Waals surface area contributed by atoms with Crippen LogP contribution in [0.15, 0.2) is 48.5 Å². The Balaban J connectivity index is 1.26. The highest BCUT2D eigenvalue weighted by Gasteiger charge is 2.24. The smallest absolute Gasteiger partial charge is 0.260 e. The van der Waals surface area contributed by atoms with Crippen LogP contribution in [0.4, 0.5) is 11.4 Å². The number of anilines is 2. The summed E-state index contributed by atoms with van der Waals surface area (Å²) < 4.78 is 11.4. The molecule has 4 rings (SSSR count). The second-order valence-corrected chi connectivity index (χ2v) is 7.70. The summed E-state index contributed by atoms with van der Waals surface area (Å²) in [7, 11) is 0. The van der Waals surface area contributed by atoms with Gasteiger partial charge in [0.25, 0.3) is 5.91 Å². The second-order valence-electron chi connectivity index (χ2n) is 7.70. The molecule has 0 unspecified atom stereocenters. The summed E-state index contributed by atoms with van der Waals surface area (Å²) in [5.74, 6) is 1.66. The highest BCUT2D eigenvalue weighted by molar-refractivity contribution is 5.95. The third-order valence-electron chi connectivity index (χ3n) is 5.72. The number of rotatable bonds is 7. The third-order valence-corrected chi connectivity index (χ3v) is 5.72. The fourth-order valence-electron chi connectivity index (χ4n) is 4.07. The second kappa shape index (κ2) is 9.73. The molecular weight excluding hydrogens is 394 g/mol. The van der Waals surface area contributed by atoms with Gasteiger partial charge in [-0.1, -0.05) is 12.1 Å². The molecule has 2 aromatic rings. The minimum atomic E-state index is -0.0171. The van der Waals surface area contributed by atoms with Gasteiger partial charge in [-0.05, 0) is 49.7 Å². The van der Waals surface area contributed by atoms with Crippen molar-refractivity contribution in [1.82, 2.24) is 4.90 Å². The minimum absolute atomic E-state index is 0.0114. The zero-order valence-electron chi connectivity index (χ0n) is 18.0. The van der Waals surface area contributed by atoms with E-state index in [1.807, 2.05) is 54.3 Å². The molecule has 0 aromatic heterocycles. The first-order valence-electron chi connectivity index (χ1n) is 10.9. The van der Waals surface area contributed by atoms with Crippen LogP contribution in [0.25, 0.3) is 0 Å². The monoisotopic (exact) mass is 423 g/mol. The molecule has 2 aromatic carbocycles. The number of hydrogen-bond acceptors (Lipinski definition) is 5. The van der Waals surface area contributed by atoms with Gasteiger partial charge in [-0.3, -0.25) is 9.59 Å². The van der Waals surface area contributed by atoms with Crippen LogP contribution in [0.5, 0.6) is 11.5 Å². The molecule has 0 radical (unpaired) electrons. The molecular formula is C24H29N3O4. The van der Waals surface area contributed by atoms with Crippen LogP contribution in [-0.4, -0.2) is 62.7 Å². The molecule has 0 atom stereocenters. The number of ether oxygens (including phenoxy) is 2. The summed E-state index contributed by atoms with van der Waals surface area (Å²) >= 11 is 0. The van der Waals surface area contributed by atoms with Gasteiger partial charge in [0.05, 0.1) is 12.3 Å². The summed E-state index contributed by atoms with van der Waals surface area (Å²) in [6.45, 7) is 6.20. The highest BCUT2D eigenvalue weighted by Crippen LogP contribution is 2.29. The van der Waals surface area contributed by atoms with Crippen LogP contribution in [0.2, 0.25) is 0 Å². The molecule has 2 aliphatic rings. The van der Waals surface area contributed by atoms with E-state index in [2.05, 4.69) is 11.0 Å². The molecule has 2 fully saturated rings. The average molecular weight is 424 g/mol. The summed E-state index contributed by atoms with van der Waals surface area (Å²) in [6.07, 6.45) is 1.51. The maximum absolute atomic E-state index is 12.6. The number of carbonyl (C=O) groups is 2. The van der Waals surface area contributed by atoms with Crippen molar-refractivity contribution in [3.63, 3.8) is 0 Å². The molecule has 0 N–H and O–H groups in total. The van der Waals surface area contributed by atoms with Crippen molar-refractivity contribution < 1.29 is 19.1 Å². The molecule has 164 valence electrons. The Morgan fingerprint density at radius 2 is 1.68 bits per heavy atom. The van der Waals surface area contributed by atoms with Crippen molar-refractivity contribution >= 4 is 23.2 Å². The van der Waals surface area contributed by atoms with E-state index in [0.29, 0.717) is 31.9 Å². The summed E-state index contributed by atoms with van der Waals surface area (Å²) in [4.78, 5) is 30.3. The first-order chi connectivity index (χ1) is 15.2. The van der Waals surface area contributed by atoms with Crippen LogP contribution in [0.1, 0.15) is 19.8 Å². The zero-order chi connectivity index (χ0) is 21.6. The Kier molecular flexibility index (Phi) is 6.60. The predicted octanol–water partition coefficient (Wildman–Crippen LogP) is 2.94. The number of piperazine rings is 1. The largest absolute Gasteiger partial charge is 0.492 e. The van der Waals surface area contributed by atoms with E-state index in [4.69, 9.17) is 9.47 Å². The SMILES string of the molecule is CCOc1ccccc1N1CCN(C(=O)COc2ccc(N3CCCC3=O)cc2)CC1. The van der Waals surface area contributed by atoms with Crippen molar-refractivity contribution in [2.75, 3.05) is 55.7 Å². The van der Waals surface area contributed by atoms with Gasteiger partial charge in [-0.15, -0.1) is 0 Å². The van der Waals surface area contributed by atoms with Gasteiger partial charge in [0.15, 0.2) is 6.61 Å². The third kappa shape index (κ3) is 4.93. The van der Waals surface area contributed by atoms with Crippen LogP contribution >= 0.6 is 0 Å².